The van der Waals surface area contributed by atoms with Crippen molar-refractivity contribution in [2.24, 2.45) is 0 Å². The zero-order valence-electron chi connectivity index (χ0n) is 12.0. The maximum absolute atomic E-state index is 9.01. The largest absolute Gasteiger partial charge is 0.370 e. The minimum Gasteiger partial charge on any atom is -0.370 e. The van der Waals surface area contributed by atoms with Gasteiger partial charge in [-0.2, -0.15) is 5.26 Å². The minimum atomic E-state index is 0.000483. The van der Waals surface area contributed by atoms with E-state index < -0.39 is 0 Å². The summed E-state index contributed by atoms with van der Waals surface area (Å²) < 4.78 is 5.88. The molecule has 2 heterocycles. The molecule has 21 heavy (non-hydrogen) atoms. The highest BCUT2D eigenvalue weighted by atomic mass is 16.5. The van der Waals surface area contributed by atoms with Gasteiger partial charge in [-0.25, -0.2) is 0 Å². The Labute approximate surface area is 124 Å². The van der Waals surface area contributed by atoms with Gasteiger partial charge in [0, 0.05) is 30.7 Å². The van der Waals surface area contributed by atoms with Crippen LogP contribution in [-0.4, -0.2) is 24.7 Å². The Morgan fingerprint density at radius 1 is 1.33 bits per heavy atom. The summed E-state index contributed by atoms with van der Waals surface area (Å²) in [6.45, 7) is 4.34. The fraction of sp³-hybridized carbons (Fsp3) is 0.294. The van der Waals surface area contributed by atoms with Gasteiger partial charge >= 0.3 is 0 Å². The molecule has 1 saturated heterocycles. The second kappa shape index (κ2) is 5.94. The number of aromatic nitrogens is 1. The first-order valence-corrected chi connectivity index (χ1v) is 7.05. The summed E-state index contributed by atoms with van der Waals surface area (Å²) in [5.41, 5.74) is 3.92. The standard InChI is InChI=1S/C17H17N3O/c1-13-9-16(5-6-19-13)20-7-8-21-17(12-20)15-4-2-3-14(10-15)11-18/h2-6,9-10,17H,7-8,12H2,1H3/t17-/m0/s1. The van der Waals surface area contributed by atoms with Crippen LogP contribution in [0, 0.1) is 18.3 Å². The highest BCUT2D eigenvalue weighted by Crippen LogP contribution is 2.26. The molecule has 0 aliphatic carbocycles. The van der Waals surface area contributed by atoms with Crippen molar-refractivity contribution in [1.29, 1.82) is 5.26 Å². The predicted molar refractivity (Wildman–Crippen MR) is 81.0 cm³/mol. The van der Waals surface area contributed by atoms with Gasteiger partial charge in [-0.05, 0) is 36.8 Å². The molecule has 1 fully saturated rings. The molecule has 0 amide bonds. The molecule has 0 spiro atoms. The Bertz CT molecular complexity index is 678. The first-order valence-electron chi connectivity index (χ1n) is 7.05. The van der Waals surface area contributed by atoms with Crippen molar-refractivity contribution in [1.82, 2.24) is 4.98 Å². The molecule has 0 N–H and O–H groups in total. The molecule has 4 heteroatoms. The van der Waals surface area contributed by atoms with Crippen molar-refractivity contribution in [2.75, 3.05) is 24.6 Å². The number of morpholine rings is 1. The summed E-state index contributed by atoms with van der Waals surface area (Å²) in [5, 5.41) is 9.01. The maximum atomic E-state index is 9.01. The van der Waals surface area contributed by atoms with Crippen LogP contribution in [0.25, 0.3) is 0 Å². The van der Waals surface area contributed by atoms with Crippen LogP contribution in [0.2, 0.25) is 0 Å². The molecular formula is C17H17N3O. The second-order valence-electron chi connectivity index (χ2n) is 5.20. The molecule has 1 atom stereocenters. The zero-order valence-corrected chi connectivity index (χ0v) is 12.0. The molecule has 0 unspecified atom stereocenters. The number of ether oxygens (including phenoxy) is 1. The second-order valence-corrected chi connectivity index (χ2v) is 5.20. The number of aryl methyl sites for hydroxylation is 1. The van der Waals surface area contributed by atoms with E-state index in [4.69, 9.17) is 10.00 Å². The Kier molecular flexibility index (Phi) is 3.85. The van der Waals surface area contributed by atoms with Gasteiger partial charge in [-0.15, -0.1) is 0 Å². The number of rotatable bonds is 2. The molecule has 106 valence electrons. The molecule has 1 aromatic carbocycles. The van der Waals surface area contributed by atoms with Crippen LogP contribution < -0.4 is 4.90 Å². The molecule has 1 aliphatic rings. The average molecular weight is 279 g/mol. The normalized spacial score (nSPS) is 18.3. The van der Waals surface area contributed by atoms with Crippen LogP contribution in [0.1, 0.15) is 22.9 Å². The van der Waals surface area contributed by atoms with Gasteiger partial charge in [0.15, 0.2) is 0 Å². The smallest absolute Gasteiger partial charge is 0.100 e. The fourth-order valence-electron chi connectivity index (χ4n) is 2.62. The maximum Gasteiger partial charge on any atom is 0.100 e. The summed E-state index contributed by atoms with van der Waals surface area (Å²) >= 11 is 0. The van der Waals surface area contributed by atoms with Crippen molar-refractivity contribution < 1.29 is 4.74 Å². The first-order chi connectivity index (χ1) is 10.3. The molecule has 1 aromatic heterocycles. The number of pyridine rings is 1. The molecule has 0 saturated carbocycles. The number of nitrogens with zero attached hydrogens (tertiary/aromatic N) is 3. The Morgan fingerprint density at radius 3 is 3.05 bits per heavy atom. The highest BCUT2D eigenvalue weighted by molar-refractivity contribution is 5.47. The van der Waals surface area contributed by atoms with Crippen LogP contribution in [0.3, 0.4) is 0 Å². The fourth-order valence-corrected chi connectivity index (χ4v) is 2.62. The summed E-state index contributed by atoms with van der Waals surface area (Å²) in [4.78, 5) is 6.55. The van der Waals surface area contributed by atoms with E-state index in [1.165, 1.54) is 5.69 Å². The number of hydrogen-bond donors (Lipinski definition) is 0. The van der Waals surface area contributed by atoms with Gasteiger partial charge in [0.2, 0.25) is 0 Å². The van der Waals surface area contributed by atoms with E-state index in [1.807, 2.05) is 43.5 Å². The SMILES string of the molecule is Cc1cc(N2CCO[C@H](c3cccc(C#N)c3)C2)ccn1. The van der Waals surface area contributed by atoms with Gasteiger partial charge in [0.1, 0.15) is 6.10 Å². The van der Waals surface area contributed by atoms with Crippen molar-refractivity contribution in [3.05, 3.63) is 59.4 Å². The molecule has 4 nitrogen and oxygen atoms in total. The van der Waals surface area contributed by atoms with E-state index in [2.05, 4.69) is 22.0 Å². The van der Waals surface area contributed by atoms with E-state index >= 15 is 0 Å². The van der Waals surface area contributed by atoms with E-state index in [-0.39, 0.29) is 6.10 Å². The first kappa shape index (κ1) is 13.6. The van der Waals surface area contributed by atoms with Crippen molar-refractivity contribution in [3.8, 4) is 6.07 Å². The summed E-state index contributed by atoms with van der Waals surface area (Å²) in [6, 6.07) is 14.0. The van der Waals surface area contributed by atoms with Crippen molar-refractivity contribution in [2.45, 2.75) is 13.0 Å². The van der Waals surface area contributed by atoms with Crippen LogP contribution >= 0.6 is 0 Å². The predicted octanol–water partition coefficient (Wildman–Crippen LogP) is 2.84. The molecule has 2 aromatic rings. The number of benzene rings is 1. The Morgan fingerprint density at radius 2 is 2.24 bits per heavy atom. The molecule has 0 bridgehead atoms. The van der Waals surface area contributed by atoms with E-state index in [1.54, 1.807) is 0 Å². The van der Waals surface area contributed by atoms with Crippen LogP contribution in [0.5, 0.6) is 0 Å². The van der Waals surface area contributed by atoms with Gasteiger partial charge in [0.05, 0.1) is 18.2 Å². The molecular weight excluding hydrogens is 262 g/mol. The summed E-state index contributed by atoms with van der Waals surface area (Å²) in [5.74, 6) is 0. The topological polar surface area (TPSA) is 49.1 Å². The number of hydrogen-bond acceptors (Lipinski definition) is 4. The number of anilines is 1. The zero-order chi connectivity index (χ0) is 14.7. The third kappa shape index (κ3) is 3.04. The average Bonchev–Trinajstić information content (AvgIpc) is 2.55. The van der Waals surface area contributed by atoms with Crippen LogP contribution in [0.15, 0.2) is 42.6 Å². The third-order valence-corrected chi connectivity index (χ3v) is 3.70. The van der Waals surface area contributed by atoms with Crippen LogP contribution in [0.4, 0.5) is 5.69 Å². The van der Waals surface area contributed by atoms with Gasteiger partial charge in [-0.1, -0.05) is 12.1 Å². The van der Waals surface area contributed by atoms with Crippen molar-refractivity contribution >= 4 is 5.69 Å². The quantitative estimate of drug-likeness (QED) is 0.848. The van der Waals surface area contributed by atoms with Gasteiger partial charge < -0.3 is 9.64 Å². The summed E-state index contributed by atoms with van der Waals surface area (Å²) in [6.07, 6.45) is 1.84. The monoisotopic (exact) mass is 279 g/mol. The lowest BCUT2D eigenvalue weighted by Gasteiger charge is -2.34. The Hall–Kier alpha value is -2.38. The lowest BCUT2D eigenvalue weighted by molar-refractivity contribution is 0.0398. The molecule has 1 aliphatic heterocycles. The van der Waals surface area contributed by atoms with E-state index in [9.17, 15) is 0 Å². The lowest BCUT2D eigenvalue weighted by Crippen LogP contribution is -2.38. The van der Waals surface area contributed by atoms with E-state index in [0.717, 1.165) is 24.3 Å². The molecule has 3 rings (SSSR count). The third-order valence-electron chi connectivity index (χ3n) is 3.70. The minimum absolute atomic E-state index is 0.000483. The molecule has 0 radical (unpaired) electrons. The Balaban J connectivity index is 1.81. The van der Waals surface area contributed by atoms with Crippen molar-refractivity contribution in [3.63, 3.8) is 0 Å². The highest BCUT2D eigenvalue weighted by Gasteiger charge is 2.22. The lowest BCUT2D eigenvalue weighted by atomic mass is 10.0. The van der Waals surface area contributed by atoms with E-state index in [0.29, 0.717) is 12.2 Å². The number of nitriles is 1. The van der Waals surface area contributed by atoms with Gasteiger partial charge in [0.25, 0.3) is 0 Å². The van der Waals surface area contributed by atoms with Gasteiger partial charge in [-0.3, -0.25) is 4.98 Å². The summed E-state index contributed by atoms with van der Waals surface area (Å²) in [7, 11) is 0. The van der Waals surface area contributed by atoms with Crippen LogP contribution in [-0.2, 0) is 4.74 Å².